The van der Waals surface area contributed by atoms with Crippen LogP contribution in [0, 0.1) is 10.1 Å². The highest BCUT2D eigenvalue weighted by Gasteiger charge is 2.05. The van der Waals surface area contributed by atoms with Gasteiger partial charge in [0.15, 0.2) is 0 Å². The molecule has 0 saturated carbocycles. The molecule has 0 unspecified atom stereocenters. The molecule has 0 fully saturated rings. The van der Waals surface area contributed by atoms with Crippen LogP contribution in [-0.2, 0) is 0 Å². The molecule has 0 amide bonds. The Balaban J connectivity index is 0. The van der Waals surface area contributed by atoms with Crippen LogP contribution in [0.4, 0.5) is 17.1 Å². The van der Waals surface area contributed by atoms with E-state index in [4.69, 9.17) is 11.5 Å². The number of nitrogens with zero attached hydrogens (tertiary/aromatic N) is 1. The zero-order valence-electron chi connectivity index (χ0n) is 7.65. The number of benzene rings is 1. The monoisotopic (exact) mass is 155 g/mol. The lowest BCUT2D eigenvalue weighted by Gasteiger charge is -1.97. The topological polar surface area (TPSA) is 95.2 Å². The first-order valence-electron chi connectivity index (χ1n) is 2.90. The molecular formula is C6H9N3O2+2. The molecule has 58 valence electrons. The van der Waals surface area contributed by atoms with Gasteiger partial charge < -0.3 is 11.5 Å². The Hall–Kier alpha value is -1.78. The summed E-state index contributed by atoms with van der Waals surface area (Å²) in [5.41, 5.74) is 11.2. The number of nitrogen functional groups attached to an aromatic ring is 2. The Labute approximate surface area is 65.7 Å². The average Bonchev–Trinajstić information content (AvgIpc) is 1.94. The highest BCUT2D eigenvalue weighted by molar-refractivity contribution is 5.66. The standard InChI is InChI=1S/C6H7N3O2/c7-5-2-1-4(9(10)11)3-6(5)8/h1-3H,7-8H2/p+2. The molecule has 0 aliphatic carbocycles. The van der Waals surface area contributed by atoms with Gasteiger partial charge in [0, 0.05) is 12.1 Å². The number of hydrogen-bond acceptors (Lipinski definition) is 4. The fourth-order valence-corrected chi connectivity index (χ4v) is 0.676. The zero-order valence-corrected chi connectivity index (χ0v) is 5.65. The minimum atomic E-state index is -0.518. The fraction of sp³-hybridized carbons (Fsp3) is 0. The molecule has 5 heteroatoms. The van der Waals surface area contributed by atoms with Crippen LogP contribution in [0.3, 0.4) is 0 Å². The molecule has 4 N–H and O–H groups in total. The van der Waals surface area contributed by atoms with Crippen molar-refractivity contribution in [1.29, 1.82) is 0 Å². The normalized spacial score (nSPS) is 9.45. The Bertz CT molecular complexity index is 306. The molecule has 1 rings (SSSR count). The number of nitro benzene ring substituents is 1. The summed E-state index contributed by atoms with van der Waals surface area (Å²) in [6.07, 6.45) is 0. The van der Waals surface area contributed by atoms with E-state index >= 15 is 0 Å². The van der Waals surface area contributed by atoms with Crippen molar-refractivity contribution in [2.24, 2.45) is 0 Å². The SMILES string of the molecule is Nc1ccc([N+](=O)[O-])cc1N.[H+].[H+]. The molecule has 0 aliphatic heterocycles. The van der Waals surface area contributed by atoms with Crippen molar-refractivity contribution in [3.8, 4) is 0 Å². The van der Waals surface area contributed by atoms with Gasteiger partial charge in [-0.05, 0) is 6.07 Å². The summed E-state index contributed by atoms with van der Waals surface area (Å²) in [4.78, 5) is 9.66. The van der Waals surface area contributed by atoms with Gasteiger partial charge in [-0.2, -0.15) is 0 Å². The van der Waals surface area contributed by atoms with Crippen molar-refractivity contribution in [3.05, 3.63) is 28.3 Å². The first-order valence-corrected chi connectivity index (χ1v) is 2.90. The molecule has 0 spiro atoms. The predicted octanol–water partition coefficient (Wildman–Crippen LogP) is 0.984. The van der Waals surface area contributed by atoms with E-state index in [-0.39, 0.29) is 14.2 Å². The van der Waals surface area contributed by atoms with Crippen LogP contribution in [0.5, 0.6) is 0 Å². The number of nitrogens with two attached hydrogens (primary N) is 2. The lowest BCUT2D eigenvalue weighted by Crippen LogP contribution is -1.96. The van der Waals surface area contributed by atoms with Crippen molar-refractivity contribution >= 4 is 17.1 Å². The third-order valence-electron chi connectivity index (χ3n) is 1.28. The lowest BCUT2D eigenvalue weighted by molar-refractivity contribution is -0.384. The summed E-state index contributed by atoms with van der Waals surface area (Å²) in [6.45, 7) is 0. The molecule has 1 aromatic rings. The second kappa shape index (κ2) is 2.45. The van der Waals surface area contributed by atoms with E-state index in [2.05, 4.69) is 0 Å². The van der Waals surface area contributed by atoms with E-state index in [0.717, 1.165) is 0 Å². The third kappa shape index (κ3) is 1.37. The molecule has 5 nitrogen and oxygen atoms in total. The number of hydrogen-bond donors (Lipinski definition) is 2. The Kier molecular flexibility index (Phi) is 1.63. The van der Waals surface area contributed by atoms with Gasteiger partial charge in [0.1, 0.15) is 0 Å². The highest BCUT2D eigenvalue weighted by atomic mass is 16.6. The van der Waals surface area contributed by atoms with Crippen LogP contribution < -0.4 is 11.5 Å². The van der Waals surface area contributed by atoms with E-state index in [0.29, 0.717) is 5.69 Å². The molecule has 0 atom stereocenters. The number of nitro groups is 1. The number of rotatable bonds is 1. The van der Waals surface area contributed by atoms with Gasteiger partial charge in [-0.25, -0.2) is 0 Å². The molecule has 0 bridgehead atoms. The van der Waals surface area contributed by atoms with Gasteiger partial charge >= 0.3 is 2.85 Å². The third-order valence-corrected chi connectivity index (χ3v) is 1.28. The minimum Gasteiger partial charge on any atom is -0.397 e. The van der Waals surface area contributed by atoms with Crippen molar-refractivity contribution in [3.63, 3.8) is 0 Å². The molecule has 0 heterocycles. The second-order valence-electron chi connectivity index (χ2n) is 2.07. The highest BCUT2D eigenvalue weighted by Crippen LogP contribution is 2.20. The van der Waals surface area contributed by atoms with E-state index in [1.54, 1.807) is 0 Å². The average molecular weight is 155 g/mol. The largest absolute Gasteiger partial charge is 1.00 e. The van der Waals surface area contributed by atoms with E-state index in [1.807, 2.05) is 0 Å². The van der Waals surface area contributed by atoms with E-state index in [1.165, 1.54) is 18.2 Å². The maximum absolute atomic E-state index is 10.2. The molecule has 0 aliphatic rings. The molecule has 1 aromatic carbocycles. The van der Waals surface area contributed by atoms with Crippen molar-refractivity contribution in [1.82, 2.24) is 0 Å². The van der Waals surface area contributed by atoms with Crippen LogP contribution >= 0.6 is 0 Å². The van der Waals surface area contributed by atoms with Gasteiger partial charge in [0.05, 0.1) is 16.3 Å². The van der Waals surface area contributed by atoms with Crippen LogP contribution in [0.1, 0.15) is 2.85 Å². The van der Waals surface area contributed by atoms with Crippen molar-refractivity contribution in [2.45, 2.75) is 0 Å². The maximum Gasteiger partial charge on any atom is 1.00 e. The Morgan fingerprint density at radius 2 is 2.00 bits per heavy atom. The molecule has 0 radical (unpaired) electrons. The van der Waals surface area contributed by atoms with Gasteiger partial charge in [0.2, 0.25) is 0 Å². The Morgan fingerprint density at radius 1 is 1.36 bits per heavy atom. The summed E-state index contributed by atoms with van der Waals surface area (Å²) in [7, 11) is 0. The predicted molar refractivity (Wildman–Crippen MR) is 44.1 cm³/mol. The Morgan fingerprint density at radius 3 is 2.45 bits per heavy atom. The zero-order chi connectivity index (χ0) is 8.43. The summed E-state index contributed by atoms with van der Waals surface area (Å²) in [5.74, 6) is 0. The number of non-ortho nitro benzene ring substituents is 1. The smallest absolute Gasteiger partial charge is 0.397 e. The van der Waals surface area contributed by atoms with E-state index in [9.17, 15) is 10.1 Å². The summed E-state index contributed by atoms with van der Waals surface area (Å²) in [6, 6.07) is 3.95. The first kappa shape index (κ1) is 7.33. The minimum absolute atomic E-state index is 0. The van der Waals surface area contributed by atoms with Gasteiger partial charge in [-0.1, -0.05) is 0 Å². The molecular weight excluding hydrogens is 146 g/mol. The fourth-order valence-electron chi connectivity index (χ4n) is 0.676. The van der Waals surface area contributed by atoms with Gasteiger partial charge in [0.25, 0.3) is 5.69 Å². The lowest BCUT2D eigenvalue weighted by atomic mass is 10.2. The molecule has 0 aromatic heterocycles. The van der Waals surface area contributed by atoms with Crippen LogP contribution in [0.2, 0.25) is 0 Å². The van der Waals surface area contributed by atoms with Crippen LogP contribution in [-0.4, -0.2) is 4.92 Å². The molecule has 0 saturated heterocycles. The molecule has 11 heavy (non-hydrogen) atoms. The van der Waals surface area contributed by atoms with E-state index < -0.39 is 4.92 Å². The first-order chi connectivity index (χ1) is 5.11. The number of anilines is 2. The van der Waals surface area contributed by atoms with Crippen molar-refractivity contribution in [2.75, 3.05) is 11.5 Å². The van der Waals surface area contributed by atoms with Crippen LogP contribution in [0.25, 0.3) is 0 Å². The van der Waals surface area contributed by atoms with Gasteiger partial charge in [-0.3, -0.25) is 10.1 Å². The van der Waals surface area contributed by atoms with Crippen molar-refractivity contribution < 1.29 is 7.78 Å². The summed E-state index contributed by atoms with van der Waals surface area (Å²) >= 11 is 0. The van der Waals surface area contributed by atoms with Gasteiger partial charge in [-0.15, -0.1) is 0 Å². The van der Waals surface area contributed by atoms with Crippen LogP contribution in [0.15, 0.2) is 18.2 Å². The second-order valence-corrected chi connectivity index (χ2v) is 2.07. The summed E-state index contributed by atoms with van der Waals surface area (Å²) in [5, 5.41) is 10.2. The quantitative estimate of drug-likeness (QED) is 0.359. The maximum atomic E-state index is 10.2. The summed E-state index contributed by atoms with van der Waals surface area (Å²) < 4.78 is 0.